The first-order chi connectivity index (χ1) is 8.97. The lowest BCUT2D eigenvalue weighted by Gasteiger charge is -2.11. The predicted octanol–water partition coefficient (Wildman–Crippen LogP) is 4.53. The molecular weight excluding hydrogens is 429 g/mol. The van der Waals surface area contributed by atoms with Gasteiger partial charge in [-0.25, -0.2) is 8.78 Å². The molecule has 2 nitrogen and oxygen atoms in total. The lowest BCUT2D eigenvalue weighted by atomic mass is 10.2. The van der Waals surface area contributed by atoms with Crippen LogP contribution in [0.4, 0.5) is 20.2 Å². The highest BCUT2D eigenvalue weighted by Gasteiger charge is 2.07. The number of nitrogen functional groups attached to an aromatic ring is 1. The summed E-state index contributed by atoms with van der Waals surface area (Å²) in [6.45, 7) is 0.232. The van der Waals surface area contributed by atoms with E-state index in [1.165, 1.54) is 18.2 Å². The van der Waals surface area contributed by atoms with Crippen molar-refractivity contribution in [3.8, 4) is 0 Å². The Morgan fingerprint density at radius 1 is 1.16 bits per heavy atom. The molecule has 0 amide bonds. The predicted molar refractivity (Wildman–Crippen MR) is 85.0 cm³/mol. The normalized spacial score (nSPS) is 10.5. The molecule has 19 heavy (non-hydrogen) atoms. The molecule has 2 aromatic carbocycles. The number of nitrogens with one attached hydrogen (secondary N) is 1. The number of halogens is 4. The Bertz CT molecular complexity index is 620. The van der Waals surface area contributed by atoms with Crippen molar-refractivity contribution in [2.75, 3.05) is 11.1 Å². The van der Waals surface area contributed by atoms with Gasteiger partial charge < -0.3 is 11.1 Å². The highest BCUT2D eigenvalue weighted by atomic mass is 127. The minimum Gasteiger partial charge on any atom is -0.397 e. The van der Waals surface area contributed by atoms with E-state index in [9.17, 15) is 8.78 Å². The van der Waals surface area contributed by atoms with Crippen LogP contribution in [0.15, 0.2) is 34.8 Å². The molecule has 0 atom stereocenters. The summed E-state index contributed by atoms with van der Waals surface area (Å²) in [4.78, 5) is 0. The van der Waals surface area contributed by atoms with E-state index >= 15 is 0 Å². The van der Waals surface area contributed by atoms with Crippen molar-refractivity contribution in [1.82, 2.24) is 0 Å². The van der Waals surface area contributed by atoms with Gasteiger partial charge in [0.25, 0.3) is 0 Å². The van der Waals surface area contributed by atoms with E-state index in [4.69, 9.17) is 5.73 Å². The van der Waals surface area contributed by atoms with E-state index in [2.05, 4.69) is 21.2 Å². The summed E-state index contributed by atoms with van der Waals surface area (Å²) in [5.41, 5.74) is 7.15. The first-order valence-electron chi connectivity index (χ1n) is 5.39. The SMILES string of the molecule is Nc1cc(I)c(F)cc1NCc1cc(Br)ccc1F. The zero-order valence-corrected chi connectivity index (χ0v) is 13.4. The van der Waals surface area contributed by atoms with Crippen LogP contribution < -0.4 is 11.1 Å². The zero-order valence-electron chi connectivity index (χ0n) is 9.68. The Balaban J connectivity index is 2.19. The van der Waals surface area contributed by atoms with Crippen LogP contribution >= 0.6 is 38.5 Å². The van der Waals surface area contributed by atoms with Gasteiger partial charge in [-0.15, -0.1) is 0 Å². The van der Waals surface area contributed by atoms with Crippen molar-refractivity contribution in [1.29, 1.82) is 0 Å². The molecule has 0 heterocycles. The second-order valence-electron chi connectivity index (χ2n) is 3.94. The van der Waals surface area contributed by atoms with Gasteiger partial charge in [0.15, 0.2) is 0 Å². The fourth-order valence-electron chi connectivity index (χ4n) is 1.58. The second kappa shape index (κ2) is 6.04. The number of anilines is 2. The molecule has 3 N–H and O–H groups in total. The fourth-order valence-corrected chi connectivity index (χ4v) is 2.48. The molecule has 0 bridgehead atoms. The van der Waals surface area contributed by atoms with Crippen LogP contribution in [0.3, 0.4) is 0 Å². The van der Waals surface area contributed by atoms with Crippen LogP contribution in [0, 0.1) is 15.2 Å². The number of benzene rings is 2. The van der Waals surface area contributed by atoms with E-state index < -0.39 is 0 Å². The molecule has 2 aromatic rings. The van der Waals surface area contributed by atoms with Gasteiger partial charge in [0.2, 0.25) is 0 Å². The third-order valence-electron chi connectivity index (χ3n) is 2.57. The van der Waals surface area contributed by atoms with E-state index in [1.807, 2.05) is 22.6 Å². The molecule has 0 saturated heterocycles. The highest BCUT2D eigenvalue weighted by molar-refractivity contribution is 14.1. The minimum atomic E-state index is -0.355. The van der Waals surface area contributed by atoms with Gasteiger partial charge in [-0.3, -0.25) is 0 Å². The largest absolute Gasteiger partial charge is 0.397 e. The summed E-state index contributed by atoms with van der Waals surface area (Å²) in [7, 11) is 0. The highest BCUT2D eigenvalue weighted by Crippen LogP contribution is 2.25. The first kappa shape index (κ1) is 14.5. The van der Waals surface area contributed by atoms with Gasteiger partial charge in [0.05, 0.1) is 14.9 Å². The smallest absolute Gasteiger partial charge is 0.138 e. The van der Waals surface area contributed by atoms with Gasteiger partial charge in [0.1, 0.15) is 11.6 Å². The lowest BCUT2D eigenvalue weighted by Crippen LogP contribution is -2.05. The maximum Gasteiger partial charge on any atom is 0.138 e. The average Bonchev–Trinajstić information content (AvgIpc) is 2.36. The third-order valence-corrected chi connectivity index (χ3v) is 3.89. The third kappa shape index (κ3) is 3.56. The van der Waals surface area contributed by atoms with Crippen LogP contribution in [-0.4, -0.2) is 0 Å². The topological polar surface area (TPSA) is 38.0 Å². The van der Waals surface area contributed by atoms with Crippen molar-refractivity contribution >= 4 is 49.9 Å². The minimum absolute atomic E-state index is 0.232. The Kier molecular flexibility index (Phi) is 4.62. The molecule has 6 heteroatoms. The standard InChI is InChI=1S/C13H10BrF2IN2/c14-8-1-2-9(15)7(3-8)6-19-13-4-10(16)11(17)5-12(13)18/h1-5,19H,6,18H2. The van der Waals surface area contributed by atoms with E-state index in [1.54, 1.807) is 12.1 Å². The molecular formula is C13H10BrF2IN2. The summed E-state index contributed by atoms with van der Waals surface area (Å²) in [6, 6.07) is 7.51. The number of hydrogen-bond donors (Lipinski definition) is 2. The Hall–Kier alpha value is -0.890. The van der Waals surface area contributed by atoms with Crippen LogP contribution in [0.1, 0.15) is 5.56 Å². The van der Waals surface area contributed by atoms with E-state index in [0.29, 0.717) is 20.5 Å². The van der Waals surface area contributed by atoms with Crippen LogP contribution in [0.5, 0.6) is 0 Å². The molecule has 0 aliphatic carbocycles. The number of rotatable bonds is 3. The van der Waals surface area contributed by atoms with E-state index in [0.717, 1.165) is 4.47 Å². The van der Waals surface area contributed by atoms with Gasteiger partial charge in [-0.1, -0.05) is 15.9 Å². The maximum absolute atomic E-state index is 13.5. The summed E-state index contributed by atoms with van der Waals surface area (Å²) in [6.07, 6.45) is 0. The van der Waals surface area contributed by atoms with Crippen molar-refractivity contribution in [3.63, 3.8) is 0 Å². The molecule has 0 aliphatic heterocycles. The first-order valence-corrected chi connectivity index (χ1v) is 7.27. The maximum atomic E-state index is 13.5. The van der Waals surface area contributed by atoms with Gasteiger partial charge in [-0.2, -0.15) is 0 Å². The van der Waals surface area contributed by atoms with Gasteiger partial charge in [-0.05, 0) is 46.9 Å². The summed E-state index contributed by atoms with van der Waals surface area (Å²) in [5.74, 6) is -0.674. The Labute approximate surface area is 131 Å². The molecule has 2 rings (SSSR count). The van der Waals surface area contributed by atoms with Crippen molar-refractivity contribution in [2.24, 2.45) is 0 Å². The van der Waals surface area contributed by atoms with Crippen LogP contribution in [-0.2, 0) is 6.54 Å². The zero-order chi connectivity index (χ0) is 14.0. The lowest BCUT2D eigenvalue weighted by molar-refractivity contribution is 0.612. The molecule has 0 aliphatic rings. The molecule has 0 fully saturated rings. The number of nitrogens with two attached hydrogens (primary N) is 1. The Morgan fingerprint density at radius 2 is 1.89 bits per heavy atom. The van der Waals surface area contributed by atoms with Crippen molar-refractivity contribution < 1.29 is 8.78 Å². The summed E-state index contributed by atoms with van der Waals surface area (Å²) < 4.78 is 28.2. The van der Waals surface area contributed by atoms with Crippen LogP contribution in [0.25, 0.3) is 0 Å². The fraction of sp³-hybridized carbons (Fsp3) is 0.0769. The molecule has 100 valence electrons. The van der Waals surface area contributed by atoms with Crippen LogP contribution in [0.2, 0.25) is 0 Å². The van der Waals surface area contributed by atoms with Crippen molar-refractivity contribution in [3.05, 3.63) is 55.6 Å². The average molecular weight is 439 g/mol. The quantitative estimate of drug-likeness (QED) is 0.546. The van der Waals surface area contributed by atoms with E-state index in [-0.39, 0.29) is 18.2 Å². The summed E-state index contributed by atoms with van der Waals surface area (Å²) in [5, 5.41) is 2.94. The molecule has 0 spiro atoms. The van der Waals surface area contributed by atoms with Gasteiger partial charge >= 0.3 is 0 Å². The number of hydrogen-bond acceptors (Lipinski definition) is 2. The molecule has 0 unspecified atom stereocenters. The van der Waals surface area contributed by atoms with Crippen molar-refractivity contribution in [2.45, 2.75) is 6.54 Å². The van der Waals surface area contributed by atoms with Gasteiger partial charge in [0, 0.05) is 22.6 Å². The Morgan fingerprint density at radius 3 is 2.63 bits per heavy atom. The molecule has 0 aromatic heterocycles. The second-order valence-corrected chi connectivity index (χ2v) is 6.02. The molecule has 0 radical (unpaired) electrons. The molecule has 0 saturated carbocycles. The monoisotopic (exact) mass is 438 g/mol. The summed E-state index contributed by atoms with van der Waals surface area (Å²) >= 11 is 5.15.